The summed E-state index contributed by atoms with van der Waals surface area (Å²) >= 11 is 0. The summed E-state index contributed by atoms with van der Waals surface area (Å²) in [5, 5.41) is 15.5. The van der Waals surface area contributed by atoms with E-state index < -0.39 is 24.0 Å². The van der Waals surface area contributed by atoms with Gasteiger partial charge in [-0.15, -0.1) is 0 Å². The molecule has 11 heteroatoms. The van der Waals surface area contributed by atoms with E-state index in [-0.39, 0.29) is 36.4 Å². The molecule has 218 valence electrons. The number of fused-ring (bicyclic) bond motifs is 1. The van der Waals surface area contributed by atoms with Gasteiger partial charge in [0.1, 0.15) is 17.7 Å². The molecule has 0 saturated carbocycles. The van der Waals surface area contributed by atoms with Crippen LogP contribution >= 0.6 is 0 Å². The summed E-state index contributed by atoms with van der Waals surface area (Å²) in [6.45, 7) is 4.75. The van der Waals surface area contributed by atoms with E-state index in [0.29, 0.717) is 36.5 Å². The second-order valence-electron chi connectivity index (χ2n) is 10.6. The van der Waals surface area contributed by atoms with Crippen LogP contribution in [0, 0.1) is 11.7 Å². The largest absolute Gasteiger partial charge is 0.487 e. The summed E-state index contributed by atoms with van der Waals surface area (Å²) in [7, 11) is 5.52. The van der Waals surface area contributed by atoms with E-state index in [2.05, 4.69) is 10.6 Å². The van der Waals surface area contributed by atoms with Gasteiger partial charge in [-0.05, 0) is 76.4 Å². The number of rotatable bonds is 10. The molecule has 40 heavy (non-hydrogen) atoms. The molecule has 3 N–H and O–H groups in total. The third kappa shape index (κ3) is 8.40. The van der Waals surface area contributed by atoms with Crippen molar-refractivity contribution in [3.8, 4) is 5.75 Å². The Bertz CT molecular complexity index is 1180. The molecular formula is C29H40FN5O5. The number of carbonyl (C=O) groups excluding carboxylic acids is 3. The van der Waals surface area contributed by atoms with Crippen LogP contribution < -0.4 is 15.4 Å². The number of ether oxygens (including phenoxy) is 1. The van der Waals surface area contributed by atoms with Crippen molar-refractivity contribution >= 4 is 29.2 Å². The molecule has 1 aliphatic heterocycles. The SMILES string of the molecule is C[C@@H]1CN([C@H](C)CO)C(=O)c2cc(NC(=O)CCCN(C)C)ccc2O[C@H]1CN(C)C(=O)Nc1ccc(F)cc1. The summed E-state index contributed by atoms with van der Waals surface area (Å²) < 4.78 is 19.5. The van der Waals surface area contributed by atoms with E-state index in [4.69, 9.17) is 4.74 Å². The average molecular weight is 558 g/mol. The summed E-state index contributed by atoms with van der Waals surface area (Å²) in [5.41, 5.74) is 1.20. The van der Waals surface area contributed by atoms with Gasteiger partial charge in [0, 0.05) is 37.3 Å². The molecule has 0 unspecified atom stereocenters. The number of urea groups is 1. The number of nitrogens with zero attached hydrogens (tertiary/aromatic N) is 3. The highest BCUT2D eigenvalue weighted by atomic mass is 19.1. The van der Waals surface area contributed by atoms with Gasteiger partial charge in [-0.1, -0.05) is 6.92 Å². The maximum atomic E-state index is 13.6. The van der Waals surface area contributed by atoms with Crippen LogP contribution in [0.2, 0.25) is 0 Å². The third-order valence-corrected chi connectivity index (χ3v) is 6.85. The number of benzene rings is 2. The monoisotopic (exact) mass is 557 g/mol. The maximum Gasteiger partial charge on any atom is 0.321 e. The van der Waals surface area contributed by atoms with Gasteiger partial charge in [0.2, 0.25) is 5.91 Å². The number of likely N-dealkylation sites (N-methyl/N-ethyl adjacent to an activating group) is 1. The number of carbonyl (C=O) groups is 3. The molecule has 1 aliphatic rings. The Hall–Kier alpha value is -3.70. The zero-order chi connectivity index (χ0) is 29.4. The highest BCUT2D eigenvalue weighted by Crippen LogP contribution is 2.31. The number of aliphatic hydroxyl groups excluding tert-OH is 1. The maximum absolute atomic E-state index is 13.6. The highest BCUT2D eigenvalue weighted by Gasteiger charge is 2.34. The predicted molar refractivity (Wildman–Crippen MR) is 152 cm³/mol. The molecule has 2 aromatic rings. The van der Waals surface area contributed by atoms with Crippen molar-refractivity contribution in [3.05, 3.63) is 53.8 Å². The fraction of sp³-hybridized carbons (Fsp3) is 0.483. The lowest BCUT2D eigenvalue weighted by Gasteiger charge is -2.38. The van der Waals surface area contributed by atoms with Crippen LogP contribution in [0.5, 0.6) is 5.75 Å². The normalized spacial score (nSPS) is 17.8. The lowest BCUT2D eigenvalue weighted by Crippen LogP contribution is -2.50. The van der Waals surface area contributed by atoms with Gasteiger partial charge in [-0.2, -0.15) is 0 Å². The lowest BCUT2D eigenvalue weighted by molar-refractivity contribution is -0.116. The van der Waals surface area contributed by atoms with Crippen LogP contribution in [0.25, 0.3) is 0 Å². The van der Waals surface area contributed by atoms with Crippen molar-refractivity contribution in [1.82, 2.24) is 14.7 Å². The minimum Gasteiger partial charge on any atom is -0.487 e. The molecule has 0 bridgehead atoms. The van der Waals surface area contributed by atoms with E-state index in [9.17, 15) is 23.9 Å². The van der Waals surface area contributed by atoms with Gasteiger partial charge in [-0.25, -0.2) is 9.18 Å². The Morgan fingerprint density at radius 2 is 1.80 bits per heavy atom. The van der Waals surface area contributed by atoms with Crippen LogP contribution in [-0.2, 0) is 4.79 Å². The number of anilines is 2. The zero-order valence-electron chi connectivity index (χ0n) is 23.8. The summed E-state index contributed by atoms with van der Waals surface area (Å²) in [5.74, 6) is -0.724. The molecule has 4 amide bonds. The van der Waals surface area contributed by atoms with Gasteiger partial charge >= 0.3 is 6.03 Å². The first-order chi connectivity index (χ1) is 19.0. The lowest BCUT2D eigenvalue weighted by atomic mass is 9.99. The molecule has 0 radical (unpaired) electrons. The standard InChI is InChI=1S/C29H40FN5O5/c1-19-16-35(20(2)18-36)28(38)24-15-23(31-27(37)7-6-14-33(3)4)12-13-25(24)40-26(19)17-34(5)29(39)32-22-10-8-21(30)9-11-22/h8-13,15,19-20,26,36H,6-7,14,16-18H2,1-5H3,(H,31,37)(H,32,39)/t19-,20-,26+/m1/s1. The smallest absolute Gasteiger partial charge is 0.321 e. The molecular weight excluding hydrogens is 517 g/mol. The minimum atomic E-state index is -0.490. The van der Waals surface area contributed by atoms with Gasteiger partial charge in [0.15, 0.2) is 0 Å². The zero-order valence-corrected chi connectivity index (χ0v) is 23.8. The Morgan fingerprint density at radius 1 is 1.12 bits per heavy atom. The quantitative estimate of drug-likeness (QED) is 0.412. The first-order valence-corrected chi connectivity index (χ1v) is 13.4. The van der Waals surface area contributed by atoms with Crippen LogP contribution in [0.15, 0.2) is 42.5 Å². The van der Waals surface area contributed by atoms with Crippen LogP contribution in [0.1, 0.15) is 37.0 Å². The minimum absolute atomic E-state index is 0.151. The summed E-state index contributed by atoms with van der Waals surface area (Å²) in [6.07, 6.45) is 0.560. The number of hydrogen-bond donors (Lipinski definition) is 3. The Balaban J connectivity index is 1.81. The Kier molecular flexibility index (Phi) is 10.9. The molecule has 0 aliphatic carbocycles. The van der Waals surface area contributed by atoms with Crippen molar-refractivity contribution in [2.75, 3.05) is 58.0 Å². The number of hydrogen-bond acceptors (Lipinski definition) is 6. The van der Waals surface area contributed by atoms with Crippen LogP contribution in [0.4, 0.5) is 20.6 Å². The van der Waals surface area contributed by atoms with Crippen molar-refractivity contribution in [3.63, 3.8) is 0 Å². The molecule has 0 spiro atoms. The first kappa shape index (κ1) is 30.8. The fourth-order valence-electron chi connectivity index (χ4n) is 4.40. The van der Waals surface area contributed by atoms with Gasteiger partial charge in [0.05, 0.1) is 24.8 Å². The summed E-state index contributed by atoms with van der Waals surface area (Å²) in [6, 6.07) is 9.56. The summed E-state index contributed by atoms with van der Waals surface area (Å²) in [4.78, 5) is 44.0. The number of amides is 4. The average Bonchev–Trinajstić information content (AvgIpc) is 2.91. The van der Waals surface area contributed by atoms with Crippen LogP contribution in [-0.4, -0.2) is 97.2 Å². The number of halogens is 1. The second-order valence-corrected chi connectivity index (χ2v) is 10.6. The second kappa shape index (κ2) is 14.1. The van der Waals surface area contributed by atoms with Crippen molar-refractivity contribution in [2.24, 2.45) is 5.92 Å². The van der Waals surface area contributed by atoms with E-state index in [0.717, 1.165) is 6.54 Å². The van der Waals surface area contributed by atoms with E-state index >= 15 is 0 Å². The molecule has 0 aromatic heterocycles. The Labute approximate surface area is 235 Å². The fourth-order valence-corrected chi connectivity index (χ4v) is 4.40. The van der Waals surface area contributed by atoms with Gasteiger partial charge < -0.3 is 35.2 Å². The third-order valence-electron chi connectivity index (χ3n) is 6.85. The number of nitrogens with one attached hydrogen (secondary N) is 2. The molecule has 0 fully saturated rings. The van der Waals surface area contributed by atoms with Gasteiger partial charge in [-0.3, -0.25) is 9.59 Å². The topological polar surface area (TPSA) is 114 Å². The van der Waals surface area contributed by atoms with E-state index in [1.807, 2.05) is 25.9 Å². The molecule has 2 aromatic carbocycles. The van der Waals surface area contributed by atoms with Crippen molar-refractivity contribution < 1.29 is 28.6 Å². The van der Waals surface area contributed by atoms with Gasteiger partial charge in [0.25, 0.3) is 5.91 Å². The molecule has 3 atom stereocenters. The van der Waals surface area contributed by atoms with Crippen LogP contribution in [0.3, 0.4) is 0 Å². The molecule has 1 heterocycles. The number of aliphatic hydroxyl groups is 1. The predicted octanol–water partition coefficient (Wildman–Crippen LogP) is 3.49. The molecule has 10 nitrogen and oxygen atoms in total. The highest BCUT2D eigenvalue weighted by molar-refractivity contribution is 6.00. The van der Waals surface area contributed by atoms with Crippen molar-refractivity contribution in [1.29, 1.82) is 0 Å². The first-order valence-electron chi connectivity index (χ1n) is 13.4. The van der Waals surface area contributed by atoms with E-state index in [1.165, 1.54) is 29.2 Å². The van der Waals surface area contributed by atoms with E-state index in [1.54, 1.807) is 37.1 Å². The Morgan fingerprint density at radius 3 is 2.45 bits per heavy atom. The molecule has 0 saturated heterocycles. The molecule has 3 rings (SSSR count). The van der Waals surface area contributed by atoms with Crippen molar-refractivity contribution in [2.45, 2.75) is 38.8 Å².